The lowest BCUT2D eigenvalue weighted by atomic mass is 10.1. The van der Waals surface area contributed by atoms with Gasteiger partial charge in [-0.05, 0) is 30.3 Å². The van der Waals surface area contributed by atoms with Crippen LogP contribution in [0.2, 0.25) is 10.0 Å². The van der Waals surface area contributed by atoms with Crippen LogP contribution < -0.4 is 10.2 Å². The third-order valence-electron chi connectivity index (χ3n) is 3.14. The van der Waals surface area contributed by atoms with Gasteiger partial charge in [-0.2, -0.15) is 0 Å². The van der Waals surface area contributed by atoms with Gasteiger partial charge in [-0.15, -0.1) is 0 Å². The Morgan fingerprint density at radius 2 is 1.86 bits per heavy atom. The molecule has 0 saturated heterocycles. The minimum Gasteiger partial charge on any atom is -0.496 e. The van der Waals surface area contributed by atoms with Crippen molar-refractivity contribution in [2.75, 3.05) is 7.11 Å². The number of fused-ring (bicyclic) bond motifs is 1. The molecule has 0 spiro atoms. The third kappa shape index (κ3) is 2.50. The summed E-state index contributed by atoms with van der Waals surface area (Å²) in [5, 5.41) is 1.27. The maximum atomic E-state index is 12.3. The lowest BCUT2D eigenvalue weighted by Gasteiger charge is -2.07. The number of ether oxygens (including phenoxy) is 1. The van der Waals surface area contributed by atoms with E-state index in [0.717, 1.165) is 0 Å². The Hall–Kier alpha value is -1.97. The highest BCUT2D eigenvalue weighted by atomic mass is 35.5. The summed E-state index contributed by atoms with van der Waals surface area (Å²) in [6, 6.07) is 11.7. The van der Waals surface area contributed by atoms with Crippen molar-refractivity contribution in [1.82, 2.24) is 0 Å². The second kappa shape index (κ2) is 5.43. The lowest BCUT2D eigenvalue weighted by Crippen LogP contribution is -2.02. The van der Waals surface area contributed by atoms with Gasteiger partial charge in [0.25, 0.3) is 0 Å². The monoisotopic (exact) mass is 320 g/mol. The van der Waals surface area contributed by atoms with Crippen molar-refractivity contribution >= 4 is 34.2 Å². The van der Waals surface area contributed by atoms with E-state index < -0.39 is 0 Å². The van der Waals surface area contributed by atoms with Crippen molar-refractivity contribution in [1.29, 1.82) is 0 Å². The number of halogens is 2. The Morgan fingerprint density at radius 3 is 2.57 bits per heavy atom. The van der Waals surface area contributed by atoms with Gasteiger partial charge in [0.1, 0.15) is 22.5 Å². The van der Waals surface area contributed by atoms with E-state index in [1.165, 1.54) is 13.2 Å². The summed E-state index contributed by atoms with van der Waals surface area (Å²) in [5.41, 5.74) is 0.976. The van der Waals surface area contributed by atoms with Gasteiger partial charge in [0, 0.05) is 11.6 Å². The Labute approximate surface area is 130 Å². The van der Waals surface area contributed by atoms with Crippen LogP contribution in [0.5, 0.6) is 5.75 Å². The highest BCUT2D eigenvalue weighted by Crippen LogP contribution is 2.30. The molecule has 0 radical (unpaired) electrons. The van der Waals surface area contributed by atoms with E-state index in [0.29, 0.717) is 38.1 Å². The summed E-state index contributed by atoms with van der Waals surface area (Å²) in [5.74, 6) is 0.918. The second-order valence-corrected chi connectivity index (χ2v) is 5.25. The quantitative estimate of drug-likeness (QED) is 0.682. The molecule has 0 unspecified atom stereocenters. The van der Waals surface area contributed by atoms with Crippen molar-refractivity contribution < 1.29 is 9.15 Å². The van der Waals surface area contributed by atoms with Crippen molar-refractivity contribution in [2.45, 2.75) is 0 Å². The van der Waals surface area contributed by atoms with Gasteiger partial charge in [-0.3, -0.25) is 4.79 Å². The molecule has 0 aliphatic heterocycles. The van der Waals surface area contributed by atoms with Crippen LogP contribution in [0.4, 0.5) is 0 Å². The van der Waals surface area contributed by atoms with Gasteiger partial charge in [-0.1, -0.05) is 29.3 Å². The van der Waals surface area contributed by atoms with Gasteiger partial charge >= 0.3 is 0 Å². The average molecular weight is 321 g/mol. The topological polar surface area (TPSA) is 39.4 Å². The van der Waals surface area contributed by atoms with Crippen LogP contribution in [0.1, 0.15) is 0 Å². The minimum atomic E-state index is -0.172. The Bertz CT molecular complexity index is 884. The minimum absolute atomic E-state index is 0.172. The molecule has 0 saturated carbocycles. The van der Waals surface area contributed by atoms with Crippen LogP contribution in [0.15, 0.2) is 51.7 Å². The number of methoxy groups -OCH3 is 1. The van der Waals surface area contributed by atoms with Crippen LogP contribution >= 0.6 is 23.2 Å². The number of hydrogen-bond donors (Lipinski definition) is 0. The first kappa shape index (κ1) is 14.0. The van der Waals surface area contributed by atoms with E-state index in [1.54, 1.807) is 36.4 Å². The standard InChI is InChI=1S/C16H10Cl2O3/c1-20-13-3-2-4-14-16(13)12(19)8-15(21-14)9-5-6-10(17)11(18)7-9/h2-8H,1H3. The molecular formula is C16H10Cl2O3. The first-order valence-corrected chi connectivity index (χ1v) is 6.92. The van der Waals surface area contributed by atoms with Crippen LogP contribution in [0.3, 0.4) is 0 Å². The molecule has 0 aliphatic rings. The molecule has 106 valence electrons. The van der Waals surface area contributed by atoms with Crippen molar-refractivity contribution in [3.05, 3.63) is 62.7 Å². The molecule has 21 heavy (non-hydrogen) atoms. The lowest BCUT2D eigenvalue weighted by molar-refractivity contribution is 0.419. The van der Waals surface area contributed by atoms with E-state index >= 15 is 0 Å². The molecule has 2 aromatic carbocycles. The molecule has 0 atom stereocenters. The average Bonchev–Trinajstić information content (AvgIpc) is 2.49. The zero-order valence-corrected chi connectivity index (χ0v) is 12.5. The molecule has 1 heterocycles. The molecule has 0 amide bonds. The van der Waals surface area contributed by atoms with E-state index in [1.807, 2.05) is 0 Å². The Balaban J connectivity index is 2.26. The molecule has 5 heteroatoms. The molecule has 0 aliphatic carbocycles. The van der Waals surface area contributed by atoms with Crippen LogP contribution in [0.25, 0.3) is 22.3 Å². The van der Waals surface area contributed by atoms with Gasteiger partial charge < -0.3 is 9.15 Å². The molecule has 1 aromatic heterocycles. The van der Waals surface area contributed by atoms with Crippen molar-refractivity contribution in [3.63, 3.8) is 0 Å². The van der Waals surface area contributed by atoms with Crippen LogP contribution in [-0.2, 0) is 0 Å². The van der Waals surface area contributed by atoms with Crippen molar-refractivity contribution in [2.24, 2.45) is 0 Å². The maximum absolute atomic E-state index is 12.3. The summed E-state index contributed by atoms with van der Waals surface area (Å²) < 4.78 is 11.0. The number of rotatable bonds is 2. The fraction of sp³-hybridized carbons (Fsp3) is 0.0625. The Kier molecular flexibility index (Phi) is 3.62. The van der Waals surface area contributed by atoms with Crippen LogP contribution in [-0.4, -0.2) is 7.11 Å². The van der Waals surface area contributed by atoms with Gasteiger partial charge in [0.2, 0.25) is 0 Å². The fourth-order valence-corrected chi connectivity index (χ4v) is 2.44. The SMILES string of the molecule is COc1cccc2oc(-c3ccc(Cl)c(Cl)c3)cc(=O)c12. The smallest absolute Gasteiger partial charge is 0.197 e. The van der Waals surface area contributed by atoms with E-state index in [2.05, 4.69) is 0 Å². The molecule has 0 fully saturated rings. The second-order valence-electron chi connectivity index (χ2n) is 4.44. The van der Waals surface area contributed by atoms with Crippen LogP contribution in [0, 0.1) is 0 Å². The predicted molar refractivity (Wildman–Crippen MR) is 84.5 cm³/mol. The number of benzene rings is 2. The molecule has 3 aromatic rings. The molecule has 0 bridgehead atoms. The highest BCUT2D eigenvalue weighted by Gasteiger charge is 2.11. The summed E-state index contributed by atoms with van der Waals surface area (Å²) >= 11 is 11.9. The van der Waals surface area contributed by atoms with E-state index in [9.17, 15) is 4.79 Å². The zero-order valence-electron chi connectivity index (χ0n) is 11.0. The molecule has 3 rings (SSSR count). The van der Waals surface area contributed by atoms with Gasteiger partial charge in [0.15, 0.2) is 5.43 Å². The summed E-state index contributed by atoms with van der Waals surface area (Å²) in [4.78, 5) is 12.3. The summed E-state index contributed by atoms with van der Waals surface area (Å²) in [6.45, 7) is 0. The van der Waals surface area contributed by atoms with Crippen molar-refractivity contribution in [3.8, 4) is 17.1 Å². The summed E-state index contributed by atoms with van der Waals surface area (Å²) in [6.07, 6.45) is 0. The van der Waals surface area contributed by atoms with Gasteiger partial charge in [-0.25, -0.2) is 0 Å². The maximum Gasteiger partial charge on any atom is 0.197 e. The summed E-state index contributed by atoms with van der Waals surface area (Å²) in [7, 11) is 1.51. The fourth-order valence-electron chi connectivity index (χ4n) is 2.14. The normalized spacial score (nSPS) is 10.8. The molecule has 0 N–H and O–H groups in total. The Morgan fingerprint density at radius 1 is 1.05 bits per heavy atom. The first-order chi connectivity index (χ1) is 10.1. The largest absolute Gasteiger partial charge is 0.496 e. The zero-order chi connectivity index (χ0) is 15.0. The highest BCUT2D eigenvalue weighted by molar-refractivity contribution is 6.42. The third-order valence-corrected chi connectivity index (χ3v) is 3.88. The molecular weight excluding hydrogens is 311 g/mol. The number of hydrogen-bond acceptors (Lipinski definition) is 3. The van der Waals surface area contributed by atoms with E-state index in [-0.39, 0.29) is 5.43 Å². The van der Waals surface area contributed by atoms with E-state index in [4.69, 9.17) is 32.4 Å². The first-order valence-electron chi connectivity index (χ1n) is 6.16. The molecule has 3 nitrogen and oxygen atoms in total. The van der Waals surface area contributed by atoms with Gasteiger partial charge in [0.05, 0.1) is 17.2 Å². The predicted octanol–water partition coefficient (Wildman–Crippen LogP) is 4.78.